The third-order valence-corrected chi connectivity index (χ3v) is 5.34. The topological polar surface area (TPSA) is 84.5 Å². The molecule has 24 heavy (non-hydrogen) atoms. The highest BCUT2D eigenvalue weighted by atomic mass is 32.2. The van der Waals surface area contributed by atoms with Gasteiger partial charge in [0.05, 0.1) is 7.11 Å². The monoisotopic (exact) mass is 348 g/mol. The summed E-state index contributed by atoms with van der Waals surface area (Å²) in [5.41, 5.74) is 6.32. The van der Waals surface area contributed by atoms with Gasteiger partial charge in [-0.25, -0.2) is 13.8 Å². The molecule has 6 nitrogen and oxygen atoms in total. The molecule has 2 unspecified atom stereocenters. The lowest BCUT2D eigenvalue weighted by molar-refractivity contribution is -0.125. The van der Waals surface area contributed by atoms with E-state index in [0.717, 1.165) is 5.56 Å². The number of carbonyl (C=O) groups is 1. The van der Waals surface area contributed by atoms with Crippen LogP contribution >= 0.6 is 0 Å². The highest BCUT2D eigenvalue weighted by Gasteiger charge is 2.23. The summed E-state index contributed by atoms with van der Waals surface area (Å²) in [6.07, 6.45) is 9.34. The normalized spacial score (nSPS) is 21.3. The first-order valence-corrected chi connectivity index (χ1v) is 9.09. The minimum Gasteiger partial charge on any atom is -0.495 e. The molecule has 1 fully saturated rings. The molecule has 1 saturated heterocycles. The number of methoxy groups -OCH3 is 1. The van der Waals surface area contributed by atoms with Gasteiger partial charge in [0.2, 0.25) is 5.91 Å². The van der Waals surface area contributed by atoms with E-state index in [9.17, 15) is 13.2 Å². The minimum absolute atomic E-state index is 0.00135. The number of benzene rings is 1. The second kappa shape index (κ2) is 7.51. The molecular formula is C17H20N2O4S. The second-order valence-electron chi connectivity index (χ2n) is 5.63. The Kier molecular flexibility index (Phi) is 5.65. The molecule has 0 radical (unpaired) electrons. The second-order valence-corrected chi connectivity index (χ2v) is 7.59. The zero-order chi connectivity index (χ0) is 17.7. The van der Waals surface area contributed by atoms with Crippen molar-refractivity contribution in [2.24, 2.45) is 5.92 Å². The molecule has 1 aliphatic rings. The minimum atomic E-state index is -3.57. The Morgan fingerprint density at radius 2 is 2.21 bits per heavy atom. The highest BCUT2D eigenvalue weighted by Crippen LogP contribution is 2.27. The SMILES string of the molecule is C#CCS(=O)(=O)c1ccc(/C=C/C2NNC(=O)CC2C)cc1OC. The van der Waals surface area contributed by atoms with E-state index in [1.165, 1.54) is 13.2 Å². The van der Waals surface area contributed by atoms with Gasteiger partial charge in [0.25, 0.3) is 0 Å². The third kappa shape index (κ3) is 4.16. The summed E-state index contributed by atoms with van der Waals surface area (Å²) in [6.45, 7) is 1.98. The van der Waals surface area contributed by atoms with Gasteiger partial charge in [0, 0.05) is 12.5 Å². The van der Waals surface area contributed by atoms with Crippen molar-refractivity contribution in [3.8, 4) is 18.1 Å². The van der Waals surface area contributed by atoms with E-state index in [1.807, 2.05) is 19.1 Å². The molecule has 2 atom stereocenters. The smallest absolute Gasteiger partial charge is 0.234 e. The summed E-state index contributed by atoms with van der Waals surface area (Å²) >= 11 is 0. The van der Waals surface area contributed by atoms with Gasteiger partial charge in [-0.15, -0.1) is 6.42 Å². The van der Waals surface area contributed by atoms with Crippen LogP contribution in [0.3, 0.4) is 0 Å². The summed E-state index contributed by atoms with van der Waals surface area (Å²) in [7, 11) is -2.15. The van der Waals surface area contributed by atoms with Crippen molar-refractivity contribution in [1.29, 1.82) is 0 Å². The fraction of sp³-hybridized carbons (Fsp3) is 0.353. The van der Waals surface area contributed by atoms with Gasteiger partial charge in [-0.05, 0) is 23.6 Å². The summed E-state index contributed by atoms with van der Waals surface area (Å²) in [5.74, 6) is 2.16. The van der Waals surface area contributed by atoms with Crippen LogP contribution in [0.2, 0.25) is 0 Å². The van der Waals surface area contributed by atoms with Crippen molar-refractivity contribution in [2.45, 2.75) is 24.3 Å². The van der Waals surface area contributed by atoms with Crippen LogP contribution in [0.15, 0.2) is 29.2 Å². The van der Waals surface area contributed by atoms with Gasteiger partial charge >= 0.3 is 0 Å². The Labute approximate surface area is 142 Å². The van der Waals surface area contributed by atoms with E-state index in [1.54, 1.807) is 12.1 Å². The van der Waals surface area contributed by atoms with Crippen molar-refractivity contribution >= 4 is 21.8 Å². The molecule has 1 aliphatic heterocycles. The number of rotatable bonds is 5. The van der Waals surface area contributed by atoms with E-state index < -0.39 is 9.84 Å². The first-order valence-electron chi connectivity index (χ1n) is 7.44. The van der Waals surface area contributed by atoms with E-state index >= 15 is 0 Å². The van der Waals surface area contributed by atoms with Crippen molar-refractivity contribution in [2.75, 3.05) is 12.9 Å². The lowest BCUT2D eigenvalue weighted by Gasteiger charge is -2.27. The number of hydrogen-bond donors (Lipinski definition) is 2. The molecule has 1 aromatic rings. The Hall–Kier alpha value is -2.30. The summed E-state index contributed by atoms with van der Waals surface area (Å²) in [4.78, 5) is 11.4. The molecule has 128 valence electrons. The number of amides is 1. The highest BCUT2D eigenvalue weighted by molar-refractivity contribution is 7.91. The molecule has 0 bridgehead atoms. The van der Waals surface area contributed by atoms with E-state index in [-0.39, 0.29) is 34.3 Å². The van der Waals surface area contributed by atoms with Crippen LogP contribution in [0, 0.1) is 18.3 Å². The Morgan fingerprint density at radius 3 is 2.83 bits per heavy atom. The van der Waals surface area contributed by atoms with Gasteiger partial charge in [-0.1, -0.05) is 31.1 Å². The average Bonchev–Trinajstić information content (AvgIpc) is 2.53. The zero-order valence-electron chi connectivity index (χ0n) is 13.6. The first-order chi connectivity index (χ1) is 11.4. The molecule has 0 aromatic heterocycles. The lowest BCUT2D eigenvalue weighted by Crippen LogP contribution is -2.52. The number of carbonyl (C=O) groups excluding carboxylic acids is 1. The van der Waals surface area contributed by atoms with Crippen LogP contribution in [0.1, 0.15) is 18.9 Å². The molecule has 7 heteroatoms. The van der Waals surface area contributed by atoms with Gasteiger partial charge in [0.15, 0.2) is 9.84 Å². The third-order valence-electron chi connectivity index (χ3n) is 3.79. The molecule has 1 amide bonds. The molecule has 2 N–H and O–H groups in total. The number of sulfone groups is 1. The van der Waals surface area contributed by atoms with Crippen molar-refractivity contribution in [3.63, 3.8) is 0 Å². The van der Waals surface area contributed by atoms with E-state index in [2.05, 4.69) is 16.8 Å². The summed E-state index contributed by atoms with van der Waals surface area (Å²) < 4.78 is 29.4. The Morgan fingerprint density at radius 1 is 1.46 bits per heavy atom. The Bertz CT molecular complexity index is 793. The molecule has 1 heterocycles. The van der Waals surface area contributed by atoms with Gasteiger partial charge < -0.3 is 4.74 Å². The predicted molar refractivity (Wildman–Crippen MR) is 91.8 cm³/mol. The van der Waals surface area contributed by atoms with Crippen LogP contribution < -0.4 is 15.6 Å². The summed E-state index contributed by atoms with van der Waals surface area (Å²) in [5, 5.41) is 0. The van der Waals surface area contributed by atoms with Crippen LogP contribution in [0.25, 0.3) is 6.08 Å². The molecule has 1 aromatic carbocycles. The number of terminal acetylenes is 1. The maximum absolute atomic E-state index is 12.1. The fourth-order valence-corrected chi connectivity index (χ4v) is 3.56. The van der Waals surface area contributed by atoms with E-state index in [4.69, 9.17) is 11.2 Å². The largest absolute Gasteiger partial charge is 0.495 e. The number of nitrogens with one attached hydrogen (secondary N) is 2. The first kappa shape index (κ1) is 18.0. The molecule has 0 saturated carbocycles. The molecular weight excluding hydrogens is 328 g/mol. The summed E-state index contributed by atoms with van der Waals surface area (Å²) in [6, 6.07) is 4.82. The van der Waals surface area contributed by atoms with Gasteiger partial charge in [-0.2, -0.15) is 0 Å². The van der Waals surface area contributed by atoms with Crippen molar-refractivity contribution in [3.05, 3.63) is 29.8 Å². The van der Waals surface area contributed by atoms with Crippen LogP contribution in [0.5, 0.6) is 5.75 Å². The van der Waals surface area contributed by atoms with Crippen LogP contribution in [0.4, 0.5) is 0 Å². The molecule has 0 spiro atoms. The van der Waals surface area contributed by atoms with Gasteiger partial charge in [-0.3, -0.25) is 10.2 Å². The zero-order valence-corrected chi connectivity index (χ0v) is 14.4. The quantitative estimate of drug-likeness (QED) is 0.780. The lowest BCUT2D eigenvalue weighted by atomic mass is 9.96. The number of hydrogen-bond acceptors (Lipinski definition) is 5. The van der Waals surface area contributed by atoms with Gasteiger partial charge in [0.1, 0.15) is 16.4 Å². The predicted octanol–water partition coefficient (Wildman–Crippen LogP) is 1.14. The van der Waals surface area contributed by atoms with E-state index in [0.29, 0.717) is 6.42 Å². The standard InChI is InChI=1S/C17H20N2O4S/c1-4-9-24(21,22)16-8-6-13(11-15(16)23-3)5-7-14-12(2)10-17(20)19-18-14/h1,5-8,11-12,14,18H,9-10H2,2-3H3,(H,19,20)/b7-5+. The maximum Gasteiger partial charge on any atom is 0.234 e. The molecule has 0 aliphatic carbocycles. The number of ether oxygens (including phenoxy) is 1. The van der Waals surface area contributed by atoms with Crippen molar-refractivity contribution in [1.82, 2.24) is 10.9 Å². The van der Waals surface area contributed by atoms with Crippen LogP contribution in [-0.4, -0.2) is 33.2 Å². The number of hydrazine groups is 1. The average molecular weight is 348 g/mol. The molecule has 2 rings (SSSR count). The fourth-order valence-electron chi connectivity index (χ4n) is 2.46. The Balaban J connectivity index is 2.22. The van der Waals surface area contributed by atoms with Crippen molar-refractivity contribution < 1.29 is 17.9 Å². The maximum atomic E-state index is 12.1. The van der Waals surface area contributed by atoms with Crippen LogP contribution in [-0.2, 0) is 14.6 Å².